The largest absolute Gasteiger partial charge is 0.354 e. The van der Waals surface area contributed by atoms with E-state index in [1.54, 1.807) is 18.5 Å². The molecule has 1 aromatic heterocycles. The first-order valence-corrected chi connectivity index (χ1v) is 7.81. The van der Waals surface area contributed by atoms with E-state index in [0.29, 0.717) is 12.1 Å². The molecule has 3 rings (SSSR count). The van der Waals surface area contributed by atoms with E-state index >= 15 is 0 Å². The summed E-state index contributed by atoms with van der Waals surface area (Å²) >= 11 is 0. The fourth-order valence-corrected chi connectivity index (χ4v) is 2.43. The number of aryl methyl sites for hydroxylation is 1. The molecule has 3 aromatic rings. The van der Waals surface area contributed by atoms with Crippen LogP contribution in [0.25, 0.3) is 0 Å². The number of benzene rings is 2. The average molecular weight is 317 g/mol. The van der Waals surface area contributed by atoms with Gasteiger partial charge in [0.2, 0.25) is 0 Å². The number of rotatable bonds is 5. The maximum absolute atomic E-state index is 12.3. The zero-order chi connectivity index (χ0) is 16.8. The minimum Gasteiger partial charge on any atom is -0.354 e. The van der Waals surface area contributed by atoms with Crippen LogP contribution in [0.1, 0.15) is 21.5 Å². The molecule has 0 bridgehead atoms. The quantitative estimate of drug-likeness (QED) is 0.746. The highest BCUT2D eigenvalue weighted by atomic mass is 16.1. The Bertz CT molecular complexity index is 831. The van der Waals surface area contributed by atoms with Crippen LogP contribution in [0.3, 0.4) is 0 Å². The van der Waals surface area contributed by atoms with Crippen LogP contribution < -0.4 is 10.6 Å². The Hall–Kier alpha value is -3.14. The number of para-hydroxylation sites is 1. The number of amides is 1. The second-order valence-electron chi connectivity index (χ2n) is 5.63. The van der Waals surface area contributed by atoms with Crippen molar-refractivity contribution in [2.45, 2.75) is 13.5 Å². The Morgan fingerprint density at radius 2 is 1.79 bits per heavy atom. The van der Waals surface area contributed by atoms with Gasteiger partial charge < -0.3 is 10.6 Å². The van der Waals surface area contributed by atoms with Crippen LogP contribution in [0.5, 0.6) is 0 Å². The van der Waals surface area contributed by atoms with Crippen molar-refractivity contribution in [3.05, 3.63) is 89.7 Å². The topological polar surface area (TPSA) is 54.0 Å². The molecule has 0 aliphatic rings. The molecule has 0 aliphatic carbocycles. The number of nitrogens with one attached hydrogen (secondary N) is 2. The van der Waals surface area contributed by atoms with Gasteiger partial charge in [0.05, 0.1) is 17.4 Å². The molecule has 0 spiro atoms. The summed E-state index contributed by atoms with van der Waals surface area (Å²) in [4.78, 5) is 16.5. The van der Waals surface area contributed by atoms with E-state index < -0.39 is 0 Å². The number of hydrogen-bond donors (Lipinski definition) is 2. The molecule has 1 amide bonds. The van der Waals surface area contributed by atoms with Gasteiger partial charge in [-0.05, 0) is 30.7 Å². The van der Waals surface area contributed by atoms with Gasteiger partial charge in [0.1, 0.15) is 0 Å². The molecule has 1 heterocycles. The molecule has 4 nitrogen and oxygen atoms in total. The van der Waals surface area contributed by atoms with E-state index in [-0.39, 0.29) is 5.91 Å². The van der Waals surface area contributed by atoms with E-state index in [1.807, 2.05) is 55.5 Å². The SMILES string of the molecule is Cc1cccc(CNC(=O)c2cncc(Nc3ccccc3)c2)c1. The predicted octanol–water partition coefficient (Wildman–Crippen LogP) is 4.06. The first kappa shape index (κ1) is 15.7. The minimum atomic E-state index is -0.138. The van der Waals surface area contributed by atoms with Crippen molar-refractivity contribution < 1.29 is 4.79 Å². The molecule has 0 aliphatic heterocycles. The van der Waals surface area contributed by atoms with Gasteiger partial charge in [-0.3, -0.25) is 9.78 Å². The molecule has 120 valence electrons. The second kappa shape index (κ2) is 7.42. The molecule has 0 saturated heterocycles. The summed E-state index contributed by atoms with van der Waals surface area (Å²) in [5.74, 6) is -0.138. The lowest BCUT2D eigenvalue weighted by Gasteiger charge is -2.09. The Morgan fingerprint density at radius 3 is 2.58 bits per heavy atom. The Kier molecular flexibility index (Phi) is 4.87. The fraction of sp³-hybridized carbons (Fsp3) is 0.100. The highest BCUT2D eigenvalue weighted by Crippen LogP contribution is 2.16. The van der Waals surface area contributed by atoms with Gasteiger partial charge in [-0.2, -0.15) is 0 Å². The van der Waals surface area contributed by atoms with Crippen molar-refractivity contribution in [3.63, 3.8) is 0 Å². The predicted molar refractivity (Wildman–Crippen MR) is 96.3 cm³/mol. The van der Waals surface area contributed by atoms with Crippen LogP contribution in [-0.4, -0.2) is 10.9 Å². The Morgan fingerprint density at radius 1 is 0.958 bits per heavy atom. The number of pyridine rings is 1. The van der Waals surface area contributed by atoms with Gasteiger partial charge in [-0.1, -0.05) is 48.0 Å². The third-order valence-corrected chi connectivity index (χ3v) is 3.60. The lowest BCUT2D eigenvalue weighted by molar-refractivity contribution is 0.0950. The fourth-order valence-electron chi connectivity index (χ4n) is 2.43. The molecule has 0 unspecified atom stereocenters. The molecule has 2 aromatic carbocycles. The Labute approximate surface area is 141 Å². The van der Waals surface area contributed by atoms with Crippen molar-refractivity contribution in [2.24, 2.45) is 0 Å². The molecule has 4 heteroatoms. The maximum Gasteiger partial charge on any atom is 0.253 e. The number of aromatic nitrogens is 1. The van der Waals surface area contributed by atoms with Crippen LogP contribution in [0, 0.1) is 6.92 Å². The first-order chi connectivity index (χ1) is 11.7. The van der Waals surface area contributed by atoms with E-state index in [4.69, 9.17) is 0 Å². The minimum absolute atomic E-state index is 0.138. The van der Waals surface area contributed by atoms with E-state index in [2.05, 4.69) is 21.7 Å². The van der Waals surface area contributed by atoms with Gasteiger partial charge in [0.15, 0.2) is 0 Å². The van der Waals surface area contributed by atoms with Gasteiger partial charge in [0, 0.05) is 18.4 Å². The van der Waals surface area contributed by atoms with Crippen molar-refractivity contribution >= 4 is 17.3 Å². The number of carbonyl (C=O) groups is 1. The number of anilines is 2. The molecule has 0 fully saturated rings. The average Bonchev–Trinajstić information content (AvgIpc) is 2.61. The number of hydrogen-bond acceptors (Lipinski definition) is 3. The lowest BCUT2D eigenvalue weighted by Crippen LogP contribution is -2.23. The second-order valence-corrected chi connectivity index (χ2v) is 5.63. The zero-order valence-corrected chi connectivity index (χ0v) is 13.5. The summed E-state index contributed by atoms with van der Waals surface area (Å²) in [6.07, 6.45) is 3.27. The van der Waals surface area contributed by atoms with Crippen molar-refractivity contribution in [1.29, 1.82) is 0 Å². The third-order valence-electron chi connectivity index (χ3n) is 3.60. The van der Waals surface area contributed by atoms with Crippen molar-refractivity contribution in [1.82, 2.24) is 10.3 Å². The third kappa shape index (κ3) is 4.20. The summed E-state index contributed by atoms with van der Waals surface area (Å²) < 4.78 is 0. The van der Waals surface area contributed by atoms with Crippen LogP contribution in [0.15, 0.2) is 73.1 Å². The maximum atomic E-state index is 12.3. The Balaban J connectivity index is 1.66. The molecule has 2 N–H and O–H groups in total. The zero-order valence-electron chi connectivity index (χ0n) is 13.5. The summed E-state index contributed by atoms with van der Waals surface area (Å²) in [5, 5.41) is 6.16. The monoisotopic (exact) mass is 317 g/mol. The van der Waals surface area contributed by atoms with Crippen LogP contribution in [0.2, 0.25) is 0 Å². The molecule has 0 radical (unpaired) electrons. The first-order valence-electron chi connectivity index (χ1n) is 7.81. The normalized spacial score (nSPS) is 10.2. The number of nitrogens with zero attached hydrogens (tertiary/aromatic N) is 1. The highest BCUT2D eigenvalue weighted by molar-refractivity contribution is 5.94. The summed E-state index contributed by atoms with van der Waals surface area (Å²) in [7, 11) is 0. The van der Waals surface area contributed by atoms with E-state index in [9.17, 15) is 4.79 Å². The van der Waals surface area contributed by atoms with E-state index in [0.717, 1.165) is 16.9 Å². The van der Waals surface area contributed by atoms with Gasteiger partial charge in [-0.25, -0.2) is 0 Å². The molecule has 0 saturated carbocycles. The van der Waals surface area contributed by atoms with Crippen molar-refractivity contribution in [2.75, 3.05) is 5.32 Å². The van der Waals surface area contributed by atoms with Gasteiger partial charge >= 0.3 is 0 Å². The van der Waals surface area contributed by atoms with Crippen molar-refractivity contribution in [3.8, 4) is 0 Å². The standard InChI is InChI=1S/C20H19N3O/c1-15-6-5-7-16(10-15)12-22-20(24)17-11-19(14-21-13-17)23-18-8-3-2-4-9-18/h2-11,13-14,23H,12H2,1H3,(H,22,24). The molecule has 24 heavy (non-hydrogen) atoms. The van der Waals surface area contributed by atoms with Crippen LogP contribution in [0.4, 0.5) is 11.4 Å². The molecule has 0 atom stereocenters. The summed E-state index contributed by atoms with van der Waals surface area (Å²) in [5.41, 5.74) is 4.52. The highest BCUT2D eigenvalue weighted by Gasteiger charge is 2.07. The molecular weight excluding hydrogens is 298 g/mol. The van der Waals surface area contributed by atoms with Crippen LogP contribution in [-0.2, 0) is 6.54 Å². The van der Waals surface area contributed by atoms with Gasteiger partial charge in [-0.15, -0.1) is 0 Å². The summed E-state index contributed by atoms with van der Waals surface area (Å²) in [6.45, 7) is 2.53. The lowest BCUT2D eigenvalue weighted by atomic mass is 10.1. The van der Waals surface area contributed by atoms with E-state index in [1.165, 1.54) is 5.56 Å². The number of carbonyl (C=O) groups excluding carboxylic acids is 1. The molecular formula is C20H19N3O. The van der Waals surface area contributed by atoms with Crippen LogP contribution >= 0.6 is 0 Å². The van der Waals surface area contributed by atoms with Gasteiger partial charge in [0.25, 0.3) is 5.91 Å². The smallest absolute Gasteiger partial charge is 0.253 e. The summed E-state index contributed by atoms with van der Waals surface area (Å²) in [6, 6.07) is 19.7.